The number of nitrogen functional groups attached to an aromatic ring is 1. The Morgan fingerprint density at radius 2 is 2.12 bits per heavy atom. The van der Waals surface area contributed by atoms with E-state index in [4.69, 9.17) is 5.84 Å². The number of hydrazine groups is 1. The van der Waals surface area contributed by atoms with E-state index >= 15 is 0 Å². The first-order valence-corrected chi connectivity index (χ1v) is 6.66. The fourth-order valence-electron chi connectivity index (χ4n) is 1.39. The van der Waals surface area contributed by atoms with Crippen molar-refractivity contribution in [3.63, 3.8) is 0 Å². The maximum Gasteiger partial charge on any atom is 0.240 e. The van der Waals surface area contributed by atoms with Crippen LogP contribution in [0.15, 0.2) is 29.2 Å². The number of nitrogens with one attached hydrogen (secondary N) is 2. The summed E-state index contributed by atoms with van der Waals surface area (Å²) in [6.45, 7) is 0.530. The second-order valence-corrected chi connectivity index (χ2v) is 5.73. The van der Waals surface area contributed by atoms with Gasteiger partial charge in [-0.15, -0.1) is 0 Å². The van der Waals surface area contributed by atoms with Crippen LogP contribution < -0.4 is 16.0 Å². The second-order valence-electron chi connectivity index (χ2n) is 3.97. The van der Waals surface area contributed by atoms with Gasteiger partial charge in [-0.25, -0.2) is 13.1 Å². The highest BCUT2D eigenvalue weighted by atomic mass is 32.2. The van der Waals surface area contributed by atoms with E-state index in [-0.39, 0.29) is 4.90 Å². The molecule has 0 spiro atoms. The van der Waals surface area contributed by atoms with Gasteiger partial charge in [-0.2, -0.15) is 0 Å². The molecule has 1 aromatic rings. The molecule has 0 saturated heterocycles. The summed E-state index contributed by atoms with van der Waals surface area (Å²) in [5.41, 5.74) is 3.00. The fraction of sp³-hybridized carbons (Fsp3) is 0.400. The lowest BCUT2D eigenvalue weighted by Crippen LogP contribution is -2.26. The molecule has 2 rings (SSSR count). The zero-order valence-electron chi connectivity index (χ0n) is 8.81. The number of rotatable bonds is 5. The Labute approximate surface area is 95.1 Å². The van der Waals surface area contributed by atoms with Crippen LogP contribution in [0.3, 0.4) is 0 Å². The molecule has 4 N–H and O–H groups in total. The largest absolute Gasteiger partial charge is 0.324 e. The molecule has 0 aliphatic heterocycles. The summed E-state index contributed by atoms with van der Waals surface area (Å²) in [5.74, 6) is 5.75. The Bertz CT molecular complexity index is 469. The molecular formula is C10H15N3O2S. The summed E-state index contributed by atoms with van der Waals surface area (Å²) in [5, 5.41) is 0. The van der Waals surface area contributed by atoms with Crippen molar-refractivity contribution in [1.82, 2.24) is 4.72 Å². The average molecular weight is 241 g/mol. The quantitative estimate of drug-likeness (QED) is 0.522. The molecule has 1 aliphatic rings. The van der Waals surface area contributed by atoms with Crippen molar-refractivity contribution < 1.29 is 8.42 Å². The molecule has 0 aromatic heterocycles. The lowest BCUT2D eigenvalue weighted by atomic mass is 10.3. The Morgan fingerprint density at radius 3 is 2.75 bits per heavy atom. The summed E-state index contributed by atoms with van der Waals surface area (Å²) in [4.78, 5) is 0.239. The van der Waals surface area contributed by atoms with E-state index in [9.17, 15) is 8.42 Å². The summed E-state index contributed by atoms with van der Waals surface area (Å²) >= 11 is 0. The van der Waals surface area contributed by atoms with Crippen LogP contribution >= 0.6 is 0 Å². The van der Waals surface area contributed by atoms with Gasteiger partial charge < -0.3 is 5.43 Å². The molecule has 1 fully saturated rings. The van der Waals surface area contributed by atoms with Crippen molar-refractivity contribution >= 4 is 15.7 Å². The van der Waals surface area contributed by atoms with Gasteiger partial charge in [0.2, 0.25) is 10.0 Å². The summed E-state index contributed by atoms with van der Waals surface area (Å²) in [7, 11) is -3.39. The van der Waals surface area contributed by atoms with Crippen molar-refractivity contribution in [3.05, 3.63) is 24.3 Å². The summed E-state index contributed by atoms with van der Waals surface area (Å²) in [6.07, 6.45) is 2.24. The van der Waals surface area contributed by atoms with Crippen LogP contribution in [0.2, 0.25) is 0 Å². The van der Waals surface area contributed by atoms with Gasteiger partial charge >= 0.3 is 0 Å². The monoisotopic (exact) mass is 241 g/mol. The average Bonchev–Trinajstić information content (AvgIpc) is 3.10. The van der Waals surface area contributed by atoms with Crippen molar-refractivity contribution in [3.8, 4) is 0 Å². The van der Waals surface area contributed by atoms with Gasteiger partial charge in [-0.3, -0.25) is 5.84 Å². The van der Waals surface area contributed by atoms with E-state index < -0.39 is 10.0 Å². The van der Waals surface area contributed by atoms with Crippen LogP contribution in [-0.2, 0) is 10.0 Å². The third-order valence-electron chi connectivity index (χ3n) is 2.57. The maximum atomic E-state index is 11.9. The van der Waals surface area contributed by atoms with Crippen LogP contribution in [0.1, 0.15) is 12.8 Å². The Balaban J connectivity index is 2.13. The third kappa shape index (κ3) is 2.72. The molecule has 16 heavy (non-hydrogen) atoms. The SMILES string of the molecule is NNc1cccc(S(=O)(=O)NCC2CC2)c1. The van der Waals surface area contributed by atoms with Crippen LogP contribution in [0.25, 0.3) is 0 Å². The molecule has 0 unspecified atom stereocenters. The smallest absolute Gasteiger partial charge is 0.240 e. The zero-order chi connectivity index (χ0) is 11.6. The van der Waals surface area contributed by atoms with Gasteiger partial charge in [0, 0.05) is 12.2 Å². The number of sulfonamides is 1. The zero-order valence-corrected chi connectivity index (χ0v) is 9.63. The van der Waals surface area contributed by atoms with Gasteiger partial charge in [0.15, 0.2) is 0 Å². The van der Waals surface area contributed by atoms with Crippen molar-refractivity contribution in [2.24, 2.45) is 11.8 Å². The van der Waals surface area contributed by atoms with Crippen LogP contribution in [0.4, 0.5) is 5.69 Å². The van der Waals surface area contributed by atoms with E-state index in [0.717, 1.165) is 12.8 Å². The van der Waals surface area contributed by atoms with Crippen LogP contribution in [0, 0.1) is 5.92 Å². The Morgan fingerprint density at radius 1 is 1.38 bits per heavy atom. The van der Waals surface area contributed by atoms with E-state index in [0.29, 0.717) is 18.2 Å². The molecule has 0 radical (unpaired) electrons. The van der Waals surface area contributed by atoms with E-state index in [1.165, 1.54) is 6.07 Å². The fourth-order valence-corrected chi connectivity index (χ4v) is 2.55. The standard InChI is InChI=1S/C10H15N3O2S/c11-13-9-2-1-3-10(6-9)16(14,15)12-7-8-4-5-8/h1-3,6,8,12-13H,4-5,7,11H2. The molecule has 88 valence electrons. The highest BCUT2D eigenvalue weighted by Crippen LogP contribution is 2.28. The number of nitrogens with two attached hydrogens (primary N) is 1. The van der Waals surface area contributed by atoms with Crippen LogP contribution in [-0.4, -0.2) is 15.0 Å². The molecule has 1 aromatic carbocycles. The third-order valence-corrected chi connectivity index (χ3v) is 3.99. The molecule has 5 nitrogen and oxygen atoms in total. The van der Waals surface area contributed by atoms with Gasteiger partial charge in [0.1, 0.15) is 0 Å². The molecule has 0 heterocycles. The lowest BCUT2D eigenvalue weighted by Gasteiger charge is -2.07. The first-order valence-electron chi connectivity index (χ1n) is 5.18. The molecule has 1 aliphatic carbocycles. The Kier molecular flexibility index (Phi) is 3.13. The predicted molar refractivity (Wildman–Crippen MR) is 62.2 cm³/mol. The van der Waals surface area contributed by atoms with Crippen molar-refractivity contribution in [2.45, 2.75) is 17.7 Å². The maximum absolute atomic E-state index is 11.9. The highest BCUT2D eigenvalue weighted by Gasteiger charge is 2.24. The van der Waals surface area contributed by atoms with E-state index in [1.54, 1.807) is 18.2 Å². The number of hydrogen-bond acceptors (Lipinski definition) is 4. The minimum Gasteiger partial charge on any atom is -0.324 e. The van der Waals surface area contributed by atoms with Gasteiger partial charge in [-0.05, 0) is 37.0 Å². The summed E-state index contributed by atoms with van der Waals surface area (Å²) < 4.78 is 26.3. The number of anilines is 1. The molecule has 0 amide bonds. The van der Waals surface area contributed by atoms with Gasteiger partial charge in [-0.1, -0.05) is 6.07 Å². The minimum absolute atomic E-state index is 0.239. The summed E-state index contributed by atoms with van der Waals surface area (Å²) in [6, 6.07) is 6.42. The molecule has 0 bridgehead atoms. The minimum atomic E-state index is -3.39. The van der Waals surface area contributed by atoms with E-state index in [1.807, 2.05) is 0 Å². The van der Waals surface area contributed by atoms with Gasteiger partial charge in [0.05, 0.1) is 4.90 Å². The van der Waals surface area contributed by atoms with Gasteiger partial charge in [0.25, 0.3) is 0 Å². The molecule has 0 atom stereocenters. The number of benzene rings is 1. The normalized spacial score (nSPS) is 16.1. The predicted octanol–water partition coefficient (Wildman–Crippen LogP) is 0.660. The topological polar surface area (TPSA) is 84.2 Å². The second kappa shape index (κ2) is 4.40. The Hall–Kier alpha value is -1.11. The first kappa shape index (κ1) is 11.4. The molecule has 6 heteroatoms. The van der Waals surface area contributed by atoms with Crippen molar-refractivity contribution in [1.29, 1.82) is 0 Å². The molecular weight excluding hydrogens is 226 g/mol. The lowest BCUT2D eigenvalue weighted by molar-refractivity contribution is 0.577. The van der Waals surface area contributed by atoms with Crippen LogP contribution in [0.5, 0.6) is 0 Å². The number of hydrogen-bond donors (Lipinski definition) is 3. The molecule has 1 saturated carbocycles. The first-order chi connectivity index (χ1) is 7.62. The highest BCUT2D eigenvalue weighted by molar-refractivity contribution is 7.89. The van der Waals surface area contributed by atoms with Crippen molar-refractivity contribution in [2.75, 3.05) is 12.0 Å². The van der Waals surface area contributed by atoms with E-state index in [2.05, 4.69) is 10.1 Å².